The van der Waals surface area contributed by atoms with Gasteiger partial charge in [0.15, 0.2) is 0 Å². The Hall–Kier alpha value is -3.60. The van der Waals surface area contributed by atoms with Crippen molar-refractivity contribution in [3.8, 4) is 0 Å². The zero-order valence-electron chi connectivity index (χ0n) is 16.9. The lowest BCUT2D eigenvalue weighted by molar-refractivity contribution is -0.147. The molecule has 5 heteroatoms. The standard InChI is InChI=1S/C25H23NO4/c1-26-17-21(19-11-6-7-12-22(19)26)25(24(28)29-2,18-9-4-3-5-10-18)20(14-15-27)23-13-8-16-30-23/h3-13,15-17,20H,14H2,1-2H3/t20-,25+/m1/s1. The van der Waals surface area contributed by atoms with Gasteiger partial charge in [-0.1, -0.05) is 48.5 Å². The van der Waals surface area contributed by atoms with Crippen molar-refractivity contribution in [3.05, 3.63) is 96.1 Å². The van der Waals surface area contributed by atoms with Crippen LogP contribution in [0.1, 0.15) is 29.2 Å². The number of para-hydroxylation sites is 1. The lowest BCUT2D eigenvalue weighted by Crippen LogP contribution is -2.44. The van der Waals surface area contributed by atoms with Crippen molar-refractivity contribution < 1.29 is 18.7 Å². The molecule has 0 spiro atoms. The molecule has 152 valence electrons. The molecule has 0 N–H and O–H groups in total. The van der Waals surface area contributed by atoms with Crippen LogP contribution in [0.2, 0.25) is 0 Å². The number of benzene rings is 2. The summed E-state index contributed by atoms with van der Waals surface area (Å²) < 4.78 is 13.1. The van der Waals surface area contributed by atoms with Crippen LogP contribution in [0.4, 0.5) is 0 Å². The SMILES string of the molecule is COC(=O)[C@](c1ccccc1)(c1cn(C)c2ccccc12)[C@H](CC=O)c1ccco1. The Bertz CT molecular complexity index is 1160. The Morgan fingerprint density at radius 3 is 2.50 bits per heavy atom. The summed E-state index contributed by atoms with van der Waals surface area (Å²) in [6.07, 6.45) is 4.44. The van der Waals surface area contributed by atoms with E-state index in [0.29, 0.717) is 5.76 Å². The molecule has 2 heterocycles. The highest BCUT2D eigenvalue weighted by molar-refractivity contribution is 5.97. The molecular weight excluding hydrogens is 378 g/mol. The van der Waals surface area contributed by atoms with E-state index in [1.165, 1.54) is 7.11 Å². The molecular formula is C25H23NO4. The molecule has 4 aromatic rings. The Kier molecular flexibility index (Phi) is 5.27. The van der Waals surface area contributed by atoms with Crippen LogP contribution < -0.4 is 0 Å². The van der Waals surface area contributed by atoms with Crippen LogP contribution in [0.15, 0.2) is 83.6 Å². The number of nitrogens with zero attached hydrogens (tertiary/aromatic N) is 1. The molecule has 4 rings (SSSR count). The second-order valence-corrected chi connectivity index (χ2v) is 7.31. The molecule has 0 aliphatic carbocycles. The molecule has 2 aromatic carbocycles. The predicted octanol–water partition coefficient (Wildman–Crippen LogP) is 4.60. The maximum atomic E-state index is 13.7. The topological polar surface area (TPSA) is 61.4 Å². The zero-order valence-corrected chi connectivity index (χ0v) is 16.9. The van der Waals surface area contributed by atoms with Gasteiger partial charge in [-0.15, -0.1) is 0 Å². The number of furan rings is 1. The van der Waals surface area contributed by atoms with Gasteiger partial charge in [0.1, 0.15) is 17.5 Å². The molecule has 0 saturated heterocycles. The molecule has 0 aliphatic rings. The molecule has 2 aromatic heterocycles. The lowest BCUT2D eigenvalue weighted by Gasteiger charge is -2.37. The average molecular weight is 401 g/mol. The third-order valence-electron chi connectivity index (χ3n) is 5.80. The molecule has 0 radical (unpaired) electrons. The van der Waals surface area contributed by atoms with E-state index in [4.69, 9.17) is 9.15 Å². The minimum absolute atomic E-state index is 0.0979. The van der Waals surface area contributed by atoms with Gasteiger partial charge >= 0.3 is 5.97 Å². The largest absolute Gasteiger partial charge is 0.469 e. The fourth-order valence-electron chi connectivity index (χ4n) is 4.52. The Morgan fingerprint density at radius 1 is 1.10 bits per heavy atom. The van der Waals surface area contributed by atoms with Crippen LogP contribution in [-0.4, -0.2) is 23.9 Å². The molecule has 0 unspecified atom stereocenters. The van der Waals surface area contributed by atoms with Gasteiger partial charge in [0, 0.05) is 42.0 Å². The summed E-state index contributed by atoms with van der Waals surface area (Å²) in [5.74, 6) is -0.455. The Morgan fingerprint density at radius 2 is 1.83 bits per heavy atom. The maximum absolute atomic E-state index is 13.7. The number of methoxy groups -OCH3 is 1. The Labute approximate surface area is 174 Å². The molecule has 0 amide bonds. The third-order valence-corrected chi connectivity index (χ3v) is 5.80. The van der Waals surface area contributed by atoms with Crippen LogP contribution in [0.25, 0.3) is 10.9 Å². The van der Waals surface area contributed by atoms with Crippen LogP contribution in [0.3, 0.4) is 0 Å². The molecule has 5 nitrogen and oxygen atoms in total. The maximum Gasteiger partial charge on any atom is 0.321 e. The number of ether oxygens (including phenoxy) is 1. The third kappa shape index (κ3) is 2.94. The van der Waals surface area contributed by atoms with Crippen molar-refractivity contribution in [2.24, 2.45) is 7.05 Å². The first-order valence-corrected chi connectivity index (χ1v) is 9.80. The van der Waals surface area contributed by atoms with Crippen molar-refractivity contribution in [1.82, 2.24) is 4.57 Å². The molecule has 0 aliphatic heterocycles. The number of carbonyl (C=O) groups excluding carboxylic acids is 2. The number of aromatic nitrogens is 1. The van der Waals surface area contributed by atoms with Crippen molar-refractivity contribution in [2.75, 3.05) is 7.11 Å². The minimum Gasteiger partial charge on any atom is -0.469 e. The van der Waals surface area contributed by atoms with E-state index in [1.807, 2.05) is 72.4 Å². The minimum atomic E-state index is -1.27. The number of carbonyl (C=O) groups is 2. The highest BCUT2D eigenvalue weighted by atomic mass is 16.5. The predicted molar refractivity (Wildman–Crippen MR) is 114 cm³/mol. The highest BCUT2D eigenvalue weighted by Crippen LogP contribution is 2.49. The van der Waals surface area contributed by atoms with Gasteiger partial charge in [0.25, 0.3) is 0 Å². The monoisotopic (exact) mass is 401 g/mol. The fourth-order valence-corrected chi connectivity index (χ4v) is 4.52. The number of fused-ring (bicyclic) bond motifs is 1. The summed E-state index contributed by atoms with van der Waals surface area (Å²) in [6, 6.07) is 21.0. The normalized spacial score (nSPS) is 14.2. The van der Waals surface area contributed by atoms with E-state index in [-0.39, 0.29) is 6.42 Å². The molecule has 30 heavy (non-hydrogen) atoms. The summed E-state index contributed by atoms with van der Waals surface area (Å²) >= 11 is 0. The van der Waals surface area contributed by atoms with Crippen molar-refractivity contribution in [2.45, 2.75) is 17.8 Å². The quantitative estimate of drug-likeness (QED) is 0.335. The summed E-state index contributed by atoms with van der Waals surface area (Å²) in [5.41, 5.74) is 1.25. The summed E-state index contributed by atoms with van der Waals surface area (Å²) in [5, 5.41) is 0.928. The number of aldehydes is 1. The second kappa shape index (κ2) is 8.03. The average Bonchev–Trinajstić information content (AvgIpc) is 3.43. The molecule has 0 saturated carbocycles. The van der Waals surface area contributed by atoms with Gasteiger partial charge < -0.3 is 18.5 Å². The van der Waals surface area contributed by atoms with Gasteiger partial charge in [-0.3, -0.25) is 4.79 Å². The van der Waals surface area contributed by atoms with E-state index >= 15 is 0 Å². The van der Waals surface area contributed by atoms with Crippen molar-refractivity contribution in [1.29, 1.82) is 0 Å². The molecule has 0 bridgehead atoms. The van der Waals surface area contributed by atoms with E-state index in [1.54, 1.807) is 18.4 Å². The number of rotatable bonds is 7. The summed E-state index contributed by atoms with van der Waals surface area (Å²) in [7, 11) is 3.33. The van der Waals surface area contributed by atoms with Crippen LogP contribution in [0, 0.1) is 0 Å². The first-order chi connectivity index (χ1) is 14.6. The first kappa shape index (κ1) is 19.7. The summed E-state index contributed by atoms with van der Waals surface area (Å²) in [4.78, 5) is 25.5. The first-order valence-electron chi connectivity index (χ1n) is 9.80. The number of esters is 1. The zero-order chi connectivity index (χ0) is 21.1. The lowest BCUT2D eigenvalue weighted by atomic mass is 9.63. The van der Waals surface area contributed by atoms with Gasteiger partial charge in [0.05, 0.1) is 13.4 Å². The van der Waals surface area contributed by atoms with Gasteiger partial charge in [-0.05, 0) is 23.8 Å². The number of hydrogen-bond donors (Lipinski definition) is 0. The number of aryl methyl sites for hydroxylation is 1. The van der Waals surface area contributed by atoms with Crippen molar-refractivity contribution in [3.63, 3.8) is 0 Å². The van der Waals surface area contributed by atoms with Gasteiger partial charge in [-0.2, -0.15) is 0 Å². The van der Waals surface area contributed by atoms with E-state index < -0.39 is 17.3 Å². The van der Waals surface area contributed by atoms with E-state index in [2.05, 4.69) is 0 Å². The van der Waals surface area contributed by atoms with Crippen LogP contribution >= 0.6 is 0 Å². The molecule has 0 fully saturated rings. The highest BCUT2D eigenvalue weighted by Gasteiger charge is 2.52. The Balaban J connectivity index is 2.15. The van der Waals surface area contributed by atoms with Crippen LogP contribution in [0.5, 0.6) is 0 Å². The van der Waals surface area contributed by atoms with E-state index in [0.717, 1.165) is 28.3 Å². The molecule has 2 atom stereocenters. The second-order valence-electron chi connectivity index (χ2n) is 7.31. The fraction of sp³-hybridized carbons (Fsp3) is 0.200. The smallest absolute Gasteiger partial charge is 0.321 e. The van der Waals surface area contributed by atoms with E-state index in [9.17, 15) is 9.59 Å². The van der Waals surface area contributed by atoms with Crippen molar-refractivity contribution >= 4 is 23.2 Å². The summed E-state index contributed by atoms with van der Waals surface area (Å²) in [6.45, 7) is 0. The van der Waals surface area contributed by atoms with Crippen LogP contribution in [-0.2, 0) is 26.8 Å². The number of hydrogen-bond acceptors (Lipinski definition) is 4. The van der Waals surface area contributed by atoms with Gasteiger partial charge in [0.2, 0.25) is 0 Å². The van der Waals surface area contributed by atoms with Gasteiger partial charge in [-0.25, -0.2) is 0 Å².